The first-order valence-electron chi connectivity index (χ1n) is 7.75. The molecule has 3 nitrogen and oxygen atoms in total. The minimum Gasteiger partial charge on any atom is -0.356 e. The van der Waals surface area contributed by atoms with E-state index in [-0.39, 0.29) is 0 Å². The van der Waals surface area contributed by atoms with Crippen molar-refractivity contribution in [2.24, 2.45) is 10.9 Å². The van der Waals surface area contributed by atoms with Crippen LogP contribution in [0.2, 0.25) is 0 Å². The molecule has 1 aliphatic carbocycles. The zero-order valence-corrected chi connectivity index (χ0v) is 12.8. The van der Waals surface area contributed by atoms with Crippen molar-refractivity contribution in [1.82, 2.24) is 10.2 Å². The summed E-state index contributed by atoms with van der Waals surface area (Å²) in [6, 6.07) is 8.98. The summed E-state index contributed by atoms with van der Waals surface area (Å²) >= 11 is 0. The Morgan fingerprint density at radius 1 is 1.30 bits per heavy atom. The molecule has 2 atom stereocenters. The molecule has 1 aromatic carbocycles. The highest BCUT2D eigenvalue weighted by Gasteiger charge is 2.32. The summed E-state index contributed by atoms with van der Waals surface area (Å²) in [5, 5.41) is 3.55. The molecule has 0 aromatic heterocycles. The zero-order valence-electron chi connectivity index (χ0n) is 12.8. The number of benzene rings is 1. The van der Waals surface area contributed by atoms with Crippen molar-refractivity contribution in [2.75, 3.05) is 26.7 Å². The lowest BCUT2D eigenvalue weighted by atomic mass is 9.90. The second-order valence-corrected chi connectivity index (χ2v) is 6.42. The molecule has 1 N–H and O–H groups in total. The Balaban J connectivity index is 1.72. The van der Waals surface area contributed by atoms with Gasteiger partial charge < -0.3 is 10.2 Å². The molecule has 0 bridgehead atoms. The Kier molecular flexibility index (Phi) is 3.68. The first-order valence-corrected chi connectivity index (χ1v) is 7.75. The van der Waals surface area contributed by atoms with Gasteiger partial charge in [-0.15, -0.1) is 0 Å². The van der Waals surface area contributed by atoms with Crippen molar-refractivity contribution in [3.63, 3.8) is 0 Å². The van der Waals surface area contributed by atoms with Gasteiger partial charge in [0.05, 0.1) is 6.54 Å². The van der Waals surface area contributed by atoms with Crippen molar-refractivity contribution in [1.29, 1.82) is 0 Å². The van der Waals surface area contributed by atoms with Gasteiger partial charge >= 0.3 is 0 Å². The molecule has 108 valence electrons. The van der Waals surface area contributed by atoms with E-state index in [1.54, 1.807) is 11.1 Å². The maximum Gasteiger partial charge on any atom is 0.193 e. The Hall–Kier alpha value is -1.51. The van der Waals surface area contributed by atoms with Gasteiger partial charge in [-0.05, 0) is 29.4 Å². The number of rotatable bonds is 3. The zero-order chi connectivity index (χ0) is 14.1. The molecule has 0 spiro atoms. The van der Waals surface area contributed by atoms with Crippen LogP contribution in [0.5, 0.6) is 0 Å². The van der Waals surface area contributed by atoms with Gasteiger partial charge in [-0.25, -0.2) is 0 Å². The Morgan fingerprint density at radius 3 is 2.70 bits per heavy atom. The van der Waals surface area contributed by atoms with Crippen LogP contribution in [0.15, 0.2) is 29.3 Å². The number of likely N-dealkylation sites (N-methyl/N-ethyl adjacent to an activating group) is 1. The topological polar surface area (TPSA) is 27.6 Å². The third-order valence-electron chi connectivity index (χ3n) is 4.74. The van der Waals surface area contributed by atoms with Gasteiger partial charge in [0, 0.05) is 26.1 Å². The van der Waals surface area contributed by atoms with Gasteiger partial charge in [-0.3, -0.25) is 4.99 Å². The summed E-state index contributed by atoms with van der Waals surface area (Å²) in [5.41, 5.74) is 3.11. The lowest BCUT2D eigenvalue weighted by Crippen LogP contribution is -2.37. The van der Waals surface area contributed by atoms with Gasteiger partial charge in [0.1, 0.15) is 0 Å². The monoisotopic (exact) mass is 271 g/mol. The van der Waals surface area contributed by atoms with Crippen molar-refractivity contribution in [2.45, 2.75) is 32.1 Å². The van der Waals surface area contributed by atoms with Gasteiger partial charge in [-0.2, -0.15) is 0 Å². The third-order valence-corrected chi connectivity index (χ3v) is 4.74. The van der Waals surface area contributed by atoms with E-state index < -0.39 is 0 Å². The highest BCUT2D eigenvalue weighted by atomic mass is 15.3. The van der Waals surface area contributed by atoms with Crippen LogP contribution in [0.3, 0.4) is 0 Å². The highest BCUT2D eigenvalue weighted by Crippen LogP contribution is 2.44. The van der Waals surface area contributed by atoms with E-state index in [0.29, 0.717) is 17.8 Å². The summed E-state index contributed by atoms with van der Waals surface area (Å²) in [4.78, 5) is 6.73. The summed E-state index contributed by atoms with van der Waals surface area (Å²) in [6.45, 7) is 7.65. The van der Waals surface area contributed by atoms with E-state index in [2.05, 4.69) is 60.4 Å². The third kappa shape index (κ3) is 2.41. The summed E-state index contributed by atoms with van der Waals surface area (Å²) < 4.78 is 0. The van der Waals surface area contributed by atoms with E-state index in [1.165, 1.54) is 6.42 Å². The normalized spacial score (nSPS) is 25.0. The SMILES string of the molecule is CC(C)[C@@H]1C[C@@H](CNC2=NCCN2C)c2ccccc21. The average Bonchev–Trinajstić information content (AvgIpc) is 3.00. The molecule has 1 heterocycles. The number of nitrogens with one attached hydrogen (secondary N) is 1. The predicted molar refractivity (Wildman–Crippen MR) is 84.3 cm³/mol. The standard InChI is InChI=1S/C17H25N3/c1-12(2)16-10-13(14-6-4-5-7-15(14)16)11-19-17-18-8-9-20(17)3/h4-7,12-13,16H,8-11H2,1-3H3,(H,18,19)/t13-,16-/m0/s1. The summed E-state index contributed by atoms with van der Waals surface area (Å²) in [5.74, 6) is 3.11. The van der Waals surface area contributed by atoms with E-state index >= 15 is 0 Å². The van der Waals surface area contributed by atoms with Crippen molar-refractivity contribution in [3.05, 3.63) is 35.4 Å². The minimum absolute atomic E-state index is 0.621. The molecule has 1 aromatic rings. The molecule has 0 saturated heterocycles. The number of nitrogens with zero attached hydrogens (tertiary/aromatic N) is 2. The fourth-order valence-corrected chi connectivity index (χ4v) is 3.54. The number of hydrogen-bond acceptors (Lipinski definition) is 3. The van der Waals surface area contributed by atoms with Gasteiger partial charge in [-0.1, -0.05) is 38.1 Å². The lowest BCUT2D eigenvalue weighted by molar-refractivity contribution is 0.458. The van der Waals surface area contributed by atoms with Crippen LogP contribution in [0.4, 0.5) is 0 Å². The maximum absolute atomic E-state index is 4.52. The van der Waals surface area contributed by atoms with Crippen LogP contribution in [-0.4, -0.2) is 37.5 Å². The average molecular weight is 271 g/mol. The number of aliphatic imine (C=N–C) groups is 1. The summed E-state index contributed by atoms with van der Waals surface area (Å²) in [7, 11) is 2.11. The van der Waals surface area contributed by atoms with Crippen LogP contribution in [0.25, 0.3) is 0 Å². The molecule has 20 heavy (non-hydrogen) atoms. The largest absolute Gasteiger partial charge is 0.356 e. The molecule has 0 saturated carbocycles. The van der Waals surface area contributed by atoms with Crippen LogP contribution < -0.4 is 5.32 Å². The number of fused-ring (bicyclic) bond motifs is 1. The minimum atomic E-state index is 0.621. The van der Waals surface area contributed by atoms with E-state index in [9.17, 15) is 0 Å². The molecule has 0 amide bonds. The van der Waals surface area contributed by atoms with Gasteiger partial charge in [0.2, 0.25) is 0 Å². The number of guanidine groups is 1. The molecule has 1 aliphatic heterocycles. The van der Waals surface area contributed by atoms with Crippen LogP contribution in [0, 0.1) is 5.92 Å². The number of hydrogen-bond donors (Lipinski definition) is 1. The summed E-state index contributed by atoms with van der Waals surface area (Å²) in [6.07, 6.45) is 1.26. The van der Waals surface area contributed by atoms with Crippen molar-refractivity contribution < 1.29 is 0 Å². The second-order valence-electron chi connectivity index (χ2n) is 6.42. The first kappa shape index (κ1) is 13.5. The Bertz CT molecular complexity index is 507. The van der Waals surface area contributed by atoms with Gasteiger partial charge in [0.15, 0.2) is 5.96 Å². The molecular formula is C17H25N3. The smallest absolute Gasteiger partial charge is 0.193 e. The van der Waals surface area contributed by atoms with E-state index in [1.807, 2.05) is 0 Å². The molecule has 0 fully saturated rings. The quantitative estimate of drug-likeness (QED) is 0.915. The lowest BCUT2D eigenvalue weighted by Gasteiger charge is -2.19. The Morgan fingerprint density at radius 2 is 2.05 bits per heavy atom. The van der Waals surface area contributed by atoms with Crippen LogP contribution >= 0.6 is 0 Å². The van der Waals surface area contributed by atoms with Crippen LogP contribution in [0.1, 0.15) is 43.2 Å². The van der Waals surface area contributed by atoms with E-state index in [0.717, 1.165) is 25.6 Å². The second kappa shape index (κ2) is 5.47. The first-order chi connectivity index (χ1) is 9.66. The Labute approximate surface area is 122 Å². The molecule has 2 aliphatic rings. The molecule has 0 radical (unpaired) electrons. The van der Waals surface area contributed by atoms with Gasteiger partial charge in [0.25, 0.3) is 0 Å². The molecule has 3 heteroatoms. The molecule has 3 rings (SSSR count). The van der Waals surface area contributed by atoms with E-state index in [4.69, 9.17) is 0 Å². The van der Waals surface area contributed by atoms with Crippen molar-refractivity contribution >= 4 is 5.96 Å². The maximum atomic E-state index is 4.52. The fraction of sp³-hybridized carbons (Fsp3) is 0.588. The molecular weight excluding hydrogens is 246 g/mol. The fourth-order valence-electron chi connectivity index (χ4n) is 3.54. The highest BCUT2D eigenvalue weighted by molar-refractivity contribution is 5.81. The van der Waals surface area contributed by atoms with Crippen molar-refractivity contribution in [3.8, 4) is 0 Å². The van der Waals surface area contributed by atoms with Crippen LogP contribution in [-0.2, 0) is 0 Å². The predicted octanol–water partition coefficient (Wildman–Crippen LogP) is 2.80. The molecule has 0 unspecified atom stereocenters.